The van der Waals surface area contributed by atoms with Crippen LogP contribution in [0.2, 0.25) is 5.02 Å². The Bertz CT molecular complexity index is 768. The van der Waals surface area contributed by atoms with E-state index in [9.17, 15) is 0 Å². The quantitative estimate of drug-likeness (QED) is 0.785. The summed E-state index contributed by atoms with van der Waals surface area (Å²) < 4.78 is 5.19. The maximum Gasteiger partial charge on any atom is 0.322 e. The molecule has 2 heterocycles. The lowest BCUT2D eigenvalue weighted by atomic mass is 10.2. The molecular weight excluding hydrogens is 308 g/mol. The van der Waals surface area contributed by atoms with Crippen LogP contribution in [0.1, 0.15) is 15.6 Å². The maximum absolute atomic E-state index is 5.95. The molecule has 1 N–H and O–H groups in total. The van der Waals surface area contributed by atoms with E-state index >= 15 is 0 Å². The lowest BCUT2D eigenvalue weighted by Gasteiger charge is -1.98. The molecule has 0 aliphatic heterocycles. The maximum atomic E-state index is 5.95. The van der Waals surface area contributed by atoms with Crippen LogP contribution in [0.5, 0.6) is 0 Å². The molecule has 0 spiro atoms. The zero-order chi connectivity index (χ0) is 14.8. The summed E-state index contributed by atoms with van der Waals surface area (Å²) in [6.45, 7) is 4.60. The van der Waals surface area contributed by atoms with Gasteiger partial charge in [-0.15, -0.1) is 11.3 Å². The molecule has 0 radical (unpaired) electrons. The van der Waals surface area contributed by atoms with E-state index in [1.807, 2.05) is 26.0 Å². The number of hydrogen-bond acceptors (Lipinski definition) is 6. The van der Waals surface area contributed by atoms with Crippen molar-refractivity contribution < 1.29 is 4.52 Å². The lowest BCUT2D eigenvalue weighted by Crippen LogP contribution is -2.01. The van der Waals surface area contributed by atoms with Crippen molar-refractivity contribution in [3.05, 3.63) is 44.9 Å². The van der Waals surface area contributed by atoms with Gasteiger partial charge in [0.1, 0.15) is 0 Å². The minimum atomic E-state index is 0.370. The van der Waals surface area contributed by atoms with Crippen molar-refractivity contribution >= 4 is 29.0 Å². The fourth-order valence-corrected chi connectivity index (χ4v) is 2.96. The molecule has 0 unspecified atom stereocenters. The standard InChI is InChI=1S/C14H13ClN4OS/c1-8-12(17-9(2)21-8)7-16-14-18-13(19-20-14)10-4-3-5-11(15)6-10/h3-6H,7H2,1-2H3,(H,16,18,19). The van der Waals surface area contributed by atoms with Crippen LogP contribution < -0.4 is 5.32 Å². The van der Waals surface area contributed by atoms with Crippen molar-refractivity contribution in [1.82, 2.24) is 15.1 Å². The Morgan fingerprint density at radius 2 is 2.14 bits per heavy atom. The molecule has 0 fully saturated rings. The minimum Gasteiger partial charge on any atom is -0.332 e. The normalized spacial score (nSPS) is 10.8. The van der Waals surface area contributed by atoms with E-state index < -0.39 is 0 Å². The summed E-state index contributed by atoms with van der Waals surface area (Å²) in [4.78, 5) is 9.94. The Hall–Kier alpha value is -1.92. The van der Waals surface area contributed by atoms with E-state index in [0.717, 1.165) is 16.3 Å². The molecular formula is C14H13ClN4OS. The Morgan fingerprint density at radius 1 is 1.29 bits per heavy atom. The average Bonchev–Trinajstić information content (AvgIpc) is 3.03. The first-order chi connectivity index (χ1) is 10.1. The van der Waals surface area contributed by atoms with Gasteiger partial charge in [-0.05, 0) is 26.0 Å². The molecule has 0 bridgehead atoms. The highest BCUT2D eigenvalue weighted by atomic mass is 35.5. The summed E-state index contributed by atoms with van der Waals surface area (Å²) >= 11 is 7.63. The Labute approximate surface area is 131 Å². The number of benzene rings is 1. The van der Waals surface area contributed by atoms with E-state index in [1.54, 1.807) is 23.5 Å². The summed E-state index contributed by atoms with van der Waals surface area (Å²) in [5.41, 5.74) is 1.82. The molecule has 3 aromatic rings. The summed E-state index contributed by atoms with van der Waals surface area (Å²) in [5.74, 6) is 0.506. The second-order valence-corrected chi connectivity index (χ2v) is 6.37. The molecule has 108 valence electrons. The number of thiazole rings is 1. The highest BCUT2D eigenvalue weighted by Crippen LogP contribution is 2.22. The van der Waals surface area contributed by atoms with Gasteiger partial charge in [-0.2, -0.15) is 4.98 Å². The predicted octanol–water partition coefficient (Wildman–Crippen LogP) is 4.08. The van der Waals surface area contributed by atoms with Gasteiger partial charge in [-0.1, -0.05) is 28.9 Å². The topological polar surface area (TPSA) is 63.8 Å². The predicted molar refractivity (Wildman–Crippen MR) is 83.7 cm³/mol. The van der Waals surface area contributed by atoms with Gasteiger partial charge in [0.05, 0.1) is 17.2 Å². The van der Waals surface area contributed by atoms with Gasteiger partial charge in [0.25, 0.3) is 0 Å². The molecule has 0 aliphatic rings. The second kappa shape index (κ2) is 5.83. The van der Waals surface area contributed by atoms with Crippen molar-refractivity contribution in [2.75, 3.05) is 5.32 Å². The fourth-order valence-electron chi connectivity index (χ4n) is 1.94. The third kappa shape index (κ3) is 3.22. The number of aromatic nitrogens is 3. The number of halogens is 1. The fraction of sp³-hybridized carbons (Fsp3) is 0.214. The van der Waals surface area contributed by atoms with Crippen LogP contribution in [0.15, 0.2) is 28.8 Å². The Kier molecular flexibility index (Phi) is 3.90. The molecule has 21 heavy (non-hydrogen) atoms. The van der Waals surface area contributed by atoms with Crippen molar-refractivity contribution in [2.45, 2.75) is 20.4 Å². The first-order valence-electron chi connectivity index (χ1n) is 6.38. The van der Waals surface area contributed by atoms with Crippen molar-refractivity contribution in [2.24, 2.45) is 0 Å². The van der Waals surface area contributed by atoms with Crippen LogP contribution in [-0.4, -0.2) is 15.1 Å². The minimum absolute atomic E-state index is 0.370. The van der Waals surface area contributed by atoms with Gasteiger partial charge < -0.3 is 9.84 Å². The smallest absolute Gasteiger partial charge is 0.322 e. The summed E-state index contributed by atoms with van der Waals surface area (Å²) in [6, 6.07) is 7.70. The number of nitrogens with one attached hydrogen (secondary N) is 1. The number of aryl methyl sites for hydroxylation is 2. The van der Waals surface area contributed by atoms with Gasteiger partial charge in [-0.25, -0.2) is 4.98 Å². The van der Waals surface area contributed by atoms with Gasteiger partial charge in [0.15, 0.2) is 0 Å². The molecule has 5 nitrogen and oxygen atoms in total. The van der Waals surface area contributed by atoms with Crippen LogP contribution in [0.25, 0.3) is 11.4 Å². The summed E-state index contributed by atoms with van der Waals surface area (Å²) in [5, 5.41) is 8.72. The second-order valence-electron chi connectivity index (χ2n) is 4.52. The number of anilines is 1. The highest BCUT2D eigenvalue weighted by molar-refractivity contribution is 7.11. The summed E-state index contributed by atoms with van der Waals surface area (Å²) in [6.07, 6.45) is 0. The molecule has 0 aliphatic carbocycles. The van der Waals surface area contributed by atoms with E-state index in [0.29, 0.717) is 23.4 Å². The van der Waals surface area contributed by atoms with Gasteiger partial charge in [-0.3, -0.25) is 0 Å². The van der Waals surface area contributed by atoms with Crippen LogP contribution >= 0.6 is 22.9 Å². The Morgan fingerprint density at radius 3 is 2.86 bits per heavy atom. The molecule has 2 aromatic heterocycles. The zero-order valence-corrected chi connectivity index (χ0v) is 13.1. The van der Waals surface area contributed by atoms with E-state index in [2.05, 4.69) is 20.4 Å². The first kappa shape index (κ1) is 14.0. The van der Waals surface area contributed by atoms with E-state index in [4.69, 9.17) is 16.1 Å². The SMILES string of the molecule is Cc1nc(CNc2nc(-c3cccc(Cl)c3)no2)c(C)s1. The largest absolute Gasteiger partial charge is 0.332 e. The molecule has 0 saturated carbocycles. The van der Waals surface area contributed by atoms with Crippen LogP contribution in [-0.2, 0) is 6.54 Å². The molecule has 1 aromatic carbocycles. The number of nitrogens with zero attached hydrogens (tertiary/aromatic N) is 3. The Balaban J connectivity index is 1.72. The third-order valence-corrected chi connectivity index (χ3v) is 4.08. The first-order valence-corrected chi connectivity index (χ1v) is 7.57. The zero-order valence-electron chi connectivity index (χ0n) is 11.6. The van der Waals surface area contributed by atoms with Crippen LogP contribution in [0.4, 0.5) is 6.01 Å². The number of rotatable bonds is 4. The van der Waals surface area contributed by atoms with Crippen LogP contribution in [0.3, 0.4) is 0 Å². The number of hydrogen-bond donors (Lipinski definition) is 1. The van der Waals surface area contributed by atoms with Gasteiger partial charge in [0, 0.05) is 15.5 Å². The third-order valence-electron chi connectivity index (χ3n) is 2.92. The van der Waals surface area contributed by atoms with E-state index in [1.165, 1.54) is 4.88 Å². The van der Waals surface area contributed by atoms with Crippen molar-refractivity contribution in [3.8, 4) is 11.4 Å². The van der Waals surface area contributed by atoms with Crippen molar-refractivity contribution in [3.63, 3.8) is 0 Å². The monoisotopic (exact) mass is 320 g/mol. The molecule has 0 atom stereocenters. The molecule has 0 amide bonds. The molecule has 7 heteroatoms. The van der Waals surface area contributed by atoms with Crippen LogP contribution in [0, 0.1) is 13.8 Å². The van der Waals surface area contributed by atoms with Gasteiger partial charge >= 0.3 is 6.01 Å². The highest BCUT2D eigenvalue weighted by Gasteiger charge is 2.10. The summed E-state index contributed by atoms with van der Waals surface area (Å²) in [7, 11) is 0. The van der Waals surface area contributed by atoms with E-state index in [-0.39, 0.29) is 0 Å². The average molecular weight is 321 g/mol. The molecule has 0 saturated heterocycles. The molecule has 3 rings (SSSR count). The van der Waals surface area contributed by atoms with Gasteiger partial charge in [0.2, 0.25) is 5.82 Å². The lowest BCUT2D eigenvalue weighted by molar-refractivity contribution is 0.431. The van der Waals surface area contributed by atoms with Crippen molar-refractivity contribution in [1.29, 1.82) is 0 Å².